The number of para-hydroxylation sites is 1. The van der Waals surface area contributed by atoms with E-state index in [4.69, 9.17) is 21.1 Å². The lowest BCUT2D eigenvalue weighted by atomic mass is 10.2. The average Bonchev–Trinajstić information content (AvgIpc) is 2.70. The Bertz CT molecular complexity index is 742. The van der Waals surface area contributed by atoms with Gasteiger partial charge in [0.2, 0.25) is 0 Å². The number of halogens is 1. The highest BCUT2D eigenvalue weighted by Gasteiger charge is 2.12. The SMILES string of the molecule is CCNC(=O)c1ccc(OCC(O)CNC(C)COc2ccccc2)c(Cl)c1. The van der Waals surface area contributed by atoms with Crippen molar-refractivity contribution in [2.24, 2.45) is 0 Å². The maximum Gasteiger partial charge on any atom is 0.251 e. The van der Waals surface area contributed by atoms with Gasteiger partial charge in [-0.2, -0.15) is 0 Å². The number of rotatable bonds is 11. The van der Waals surface area contributed by atoms with Crippen LogP contribution in [0.3, 0.4) is 0 Å². The number of carbonyl (C=O) groups is 1. The molecule has 3 N–H and O–H groups in total. The van der Waals surface area contributed by atoms with Crippen LogP contribution in [0.5, 0.6) is 11.5 Å². The minimum Gasteiger partial charge on any atom is -0.492 e. The Balaban J connectivity index is 1.71. The van der Waals surface area contributed by atoms with Crippen LogP contribution >= 0.6 is 11.6 Å². The molecule has 0 saturated heterocycles. The molecule has 2 aromatic carbocycles. The zero-order valence-corrected chi connectivity index (χ0v) is 16.9. The quantitative estimate of drug-likeness (QED) is 0.534. The molecule has 0 aliphatic heterocycles. The average molecular weight is 407 g/mol. The van der Waals surface area contributed by atoms with E-state index in [1.165, 1.54) is 0 Å². The van der Waals surface area contributed by atoms with Crippen LogP contribution in [0.2, 0.25) is 5.02 Å². The first kappa shape index (κ1) is 22.0. The van der Waals surface area contributed by atoms with Gasteiger partial charge in [-0.25, -0.2) is 0 Å². The van der Waals surface area contributed by atoms with Crippen molar-refractivity contribution in [1.82, 2.24) is 10.6 Å². The summed E-state index contributed by atoms with van der Waals surface area (Å²) in [5.74, 6) is 1.05. The predicted molar refractivity (Wildman–Crippen MR) is 110 cm³/mol. The number of nitrogens with one attached hydrogen (secondary N) is 2. The fourth-order valence-corrected chi connectivity index (χ4v) is 2.64. The second-order valence-electron chi connectivity index (χ2n) is 6.40. The Morgan fingerprint density at radius 2 is 1.89 bits per heavy atom. The van der Waals surface area contributed by atoms with E-state index in [1.807, 2.05) is 44.2 Å². The highest BCUT2D eigenvalue weighted by atomic mass is 35.5. The van der Waals surface area contributed by atoms with Crippen molar-refractivity contribution in [1.29, 1.82) is 0 Å². The van der Waals surface area contributed by atoms with E-state index < -0.39 is 6.10 Å². The van der Waals surface area contributed by atoms with E-state index in [9.17, 15) is 9.90 Å². The van der Waals surface area contributed by atoms with Crippen molar-refractivity contribution in [2.45, 2.75) is 26.0 Å². The number of amides is 1. The molecule has 2 aromatic rings. The molecule has 152 valence electrons. The summed E-state index contributed by atoms with van der Waals surface area (Å²) in [4.78, 5) is 11.8. The summed E-state index contributed by atoms with van der Waals surface area (Å²) in [6.07, 6.45) is -0.710. The molecule has 0 fully saturated rings. The molecule has 2 atom stereocenters. The maximum atomic E-state index is 11.8. The van der Waals surface area contributed by atoms with E-state index in [1.54, 1.807) is 18.2 Å². The molecule has 0 aromatic heterocycles. The highest BCUT2D eigenvalue weighted by molar-refractivity contribution is 6.32. The third kappa shape index (κ3) is 7.38. The molecular weight excluding hydrogens is 380 g/mol. The van der Waals surface area contributed by atoms with Gasteiger partial charge in [0.05, 0.1) is 5.02 Å². The van der Waals surface area contributed by atoms with Crippen LogP contribution in [-0.2, 0) is 0 Å². The van der Waals surface area contributed by atoms with Gasteiger partial charge in [0.15, 0.2) is 0 Å². The number of ether oxygens (including phenoxy) is 2. The van der Waals surface area contributed by atoms with Crippen molar-refractivity contribution in [3.63, 3.8) is 0 Å². The van der Waals surface area contributed by atoms with Gasteiger partial charge in [-0.1, -0.05) is 29.8 Å². The van der Waals surface area contributed by atoms with Crippen molar-refractivity contribution in [2.75, 3.05) is 26.3 Å². The van der Waals surface area contributed by atoms with Gasteiger partial charge >= 0.3 is 0 Å². The van der Waals surface area contributed by atoms with Gasteiger partial charge in [0, 0.05) is 24.7 Å². The maximum absolute atomic E-state index is 11.8. The molecule has 0 bridgehead atoms. The Morgan fingerprint density at radius 1 is 1.14 bits per heavy atom. The van der Waals surface area contributed by atoms with Gasteiger partial charge in [-0.3, -0.25) is 4.79 Å². The predicted octanol–water partition coefficient (Wildman–Crippen LogP) is 2.89. The summed E-state index contributed by atoms with van der Waals surface area (Å²) in [6.45, 7) is 5.30. The van der Waals surface area contributed by atoms with Crippen LogP contribution in [0, 0.1) is 0 Å². The van der Waals surface area contributed by atoms with Crippen LogP contribution in [0.4, 0.5) is 0 Å². The Labute approximate surface area is 170 Å². The van der Waals surface area contributed by atoms with Crippen LogP contribution in [0.1, 0.15) is 24.2 Å². The molecule has 0 aliphatic rings. The van der Waals surface area contributed by atoms with Gasteiger partial charge in [0.25, 0.3) is 5.91 Å². The summed E-state index contributed by atoms with van der Waals surface area (Å²) in [5, 5.41) is 16.4. The first-order valence-corrected chi connectivity index (χ1v) is 9.67. The Hall–Kier alpha value is -2.28. The molecule has 7 heteroatoms. The summed E-state index contributed by atoms with van der Waals surface area (Å²) >= 11 is 6.17. The molecule has 0 heterocycles. The molecule has 1 amide bonds. The number of aliphatic hydroxyl groups is 1. The topological polar surface area (TPSA) is 79.8 Å². The molecule has 6 nitrogen and oxygen atoms in total. The lowest BCUT2D eigenvalue weighted by molar-refractivity contribution is 0.0954. The highest BCUT2D eigenvalue weighted by Crippen LogP contribution is 2.25. The lowest BCUT2D eigenvalue weighted by Gasteiger charge is -2.18. The van der Waals surface area contributed by atoms with Gasteiger partial charge in [-0.15, -0.1) is 0 Å². The molecule has 0 aliphatic carbocycles. The molecule has 28 heavy (non-hydrogen) atoms. The number of aliphatic hydroxyl groups excluding tert-OH is 1. The minimum atomic E-state index is -0.710. The number of hydrogen-bond acceptors (Lipinski definition) is 5. The molecule has 0 radical (unpaired) electrons. The lowest BCUT2D eigenvalue weighted by Crippen LogP contribution is -2.39. The smallest absolute Gasteiger partial charge is 0.251 e. The Kier molecular flexibility index (Phi) is 9.07. The fraction of sp³-hybridized carbons (Fsp3) is 0.381. The van der Waals surface area contributed by atoms with Crippen molar-refractivity contribution in [3.05, 3.63) is 59.1 Å². The van der Waals surface area contributed by atoms with Crippen LogP contribution in [-0.4, -0.2) is 49.5 Å². The number of carbonyl (C=O) groups excluding carboxylic acids is 1. The van der Waals surface area contributed by atoms with Crippen LogP contribution < -0.4 is 20.1 Å². The zero-order chi connectivity index (χ0) is 20.4. The van der Waals surface area contributed by atoms with Crippen molar-refractivity contribution < 1.29 is 19.4 Å². The van der Waals surface area contributed by atoms with Crippen LogP contribution in [0.15, 0.2) is 48.5 Å². The molecule has 0 saturated carbocycles. The van der Waals surface area contributed by atoms with E-state index in [-0.39, 0.29) is 18.6 Å². The minimum absolute atomic E-state index is 0.0646. The summed E-state index contributed by atoms with van der Waals surface area (Å²) in [7, 11) is 0. The van der Waals surface area contributed by atoms with E-state index in [2.05, 4.69) is 10.6 Å². The third-order valence-electron chi connectivity index (χ3n) is 3.91. The molecule has 2 unspecified atom stereocenters. The second kappa shape index (κ2) is 11.5. The van der Waals surface area contributed by atoms with Crippen LogP contribution in [0.25, 0.3) is 0 Å². The largest absolute Gasteiger partial charge is 0.492 e. The van der Waals surface area contributed by atoms with Gasteiger partial charge in [-0.05, 0) is 44.2 Å². The Morgan fingerprint density at radius 3 is 2.57 bits per heavy atom. The fourth-order valence-electron chi connectivity index (χ4n) is 2.40. The monoisotopic (exact) mass is 406 g/mol. The van der Waals surface area contributed by atoms with E-state index >= 15 is 0 Å². The summed E-state index contributed by atoms with van der Waals surface area (Å²) in [5.41, 5.74) is 0.466. The van der Waals surface area contributed by atoms with Gasteiger partial charge < -0.3 is 25.2 Å². The molecule has 2 rings (SSSR count). The molecular formula is C21H27ClN2O4. The zero-order valence-electron chi connectivity index (χ0n) is 16.2. The molecule has 0 spiro atoms. The van der Waals surface area contributed by atoms with Crippen molar-refractivity contribution in [3.8, 4) is 11.5 Å². The summed E-state index contributed by atoms with van der Waals surface area (Å²) < 4.78 is 11.2. The van der Waals surface area contributed by atoms with E-state index in [0.29, 0.717) is 36.0 Å². The first-order valence-electron chi connectivity index (χ1n) is 9.29. The third-order valence-corrected chi connectivity index (χ3v) is 4.20. The summed E-state index contributed by atoms with van der Waals surface area (Å²) in [6, 6.07) is 14.5. The number of hydrogen-bond donors (Lipinski definition) is 3. The normalized spacial score (nSPS) is 12.9. The number of benzene rings is 2. The standard InChI is InChI=1S/C21H27ClN2O4/c1-3-23-21(26)16-9-10-20(19(22)11-16)28-14-17(25)12-24-15(2)13-27-18-7-5-4-6-8-18/h4-11,15,17,24-25H,3,12-14H2,1-2H3,(H,23,26). The van der Waals surface area contributed by atoms with Gasteiger partial charge in [0.1, 0.15) is 30.8 Å². The first-order chi connectivity index (χ1) is 13.5. The van der Waals surface area contributed by atoms with E-state index in [0.717, 1.165) is 5.75 Å². The second-order valence-corrected chi connectivity index (χ2v) is 6.81. The van der Waals surface area contributed by atoms with Crippen molar-refractivity contribution >= 4 is 17.5 Å².